The van der Waals surface area contributed by atoms with Crippen molar-refractivity contribution in [3.8, 4) is 0 Å². The molecule has 0 saturated carbocycles. The fourth-order valence-corrected chi connectivity index (χ4v) is 3.82. The van der Waals surface area contributed by atoms with Crippen LogP contribution in [-0.4, -0.2) is 23.1 Å². The molecule has 2 aromatic rings. The minimum absolute atomic E-state index is 0.105. The van der Waals surface area contributed by atoms with E-state index in [1.807, 2.05) is 0 Å². The zero-order valence-corrected chi connectivity index (χ0v) is 14.4. The monoisotopic (exact) mass is 338 g/mol. The molecule has 0 spiro atoms. The summed E-state index contributed by atoms with van der Waals surface area (Å²) < 4.78 is 29.4. The lowest BCUT2D eigenvalue weighted by atomic mass is 10.1. The van der Waals surface area contributed by atoms with Gasteiger partial charge in [-0.3, -0.25) is 19.5 Å². The summed E-state index contributed by atoms with van der Waals surface area (Å²) in [6, 6.07) is 2.43. The second-order valence-electron chi connectivity index (χ2n) is 5.42. The van der Waals surface area contributed by atoms with Crippen molar-refractivity contribution in [1.82, 2.24) is 9.78 Å². The van der Waals surface area contributed by atoms with Crippen molar-refractivity contribution in [1.29, 1.82) is 0 Å². The Balaban J connectivity index is 2.58. The number of hydrogen-bond acceptors (Lipinski definition) is 5. The van der Waals surface area contributed by atoms with Crippen molar-refractivity contribution in [3.05, 3.63) is 44.8 Å². The van der Waals surface area contributed by atoms with Gasteiger partial charge >= 0.3 is 0 Å². The van der Waals surface area contributed by atoms with Crippen LogP contribution in [0.25, 0.3) is 0 Å². The Kier molecular flexibility index (Phi) is 4.16. The van der Waals surface area contributed by atoms with Gasteiger partial charge in [-0.15, -0.1) is 0 Å². The largest absolute Gasteiger partial charge is 0.276 e. The summed E-state index contributed by atoms with van der Waals surface area (Å²) in [4.78, 5) is 10.3. The van der Waals surface area contributed by atoms with Crippen molar-refractivity contribution in [2.45, 2.75) is 32.6 Å². The van der Waals surface area contributed by atoms with Crippen LogP contribution >= 0.6 is 0 Å². The van der Waals surface area contributed by atoms with Crippen molar-refractivity contribution in [2.24, 2.45) is 7.05 Å². The van der Waals surface area contributed by atoms with Gasteiger partial charge in [-0.1, -0.05) is 0 Å². The molecule has 8 nitrogen and oxygen atoms in total. The average Bonchev–Trinajstić information content (AvgIpc) is 2.67. The molecule has 124 valence electrons. The van der Waals surface area contributed by atoms with Gasteiger partial charge in [0.15, 0.2) is 0 Å². The highest BCUT2D eigenvalue weighted by Crippen LogP contribution is 2.28. The first kappa shape index (κ1) is 16.9. The molecule has 0 aliphatic carbocycles. The SMILES string of the molecule is Cc1cc([N+](=O)[O-])cc(S(=O)(=O)Nc2c(C)nn(C)c2C)c1C. The smallest absolute Gasteiger partial charge is 0.271 e. The molecule has 0 saturated heterocycles. The van der Waals surface area contributed by atoms with Gasteiger partial charge in [0.05, 0.1) is 26.9 Å². The van der Waals surface area contributed by atoms with E-state index >= 15 is 0 Å². The van der Waals surface area contributed by atoms with E-state index in [0.717, 1.165) is 6.07 Å². The van der Waals surface area contributed by atoms with Crippen molar-refractivity contribution < 1.29 is 13.3 Å². The first-order chi connectivity index (χ1) is 10.5. The van der Waals surface area contributed by atoms with Crippen molar-refractivity contribution in [3.63, 3.8) is 0 Å². The minimum Gasteiger partial charge on any atom is -0.276 e. The molecule has 0 atom stereocenters. The predicted molar refractivity (Wildman–Crippen MR) is 86.1 cm³/mol. The second kappa shape index (κ2) is 5.65. The molecule has 23 heavy (non-hydrogen) atoms. The first-order valence-corrected chi connectivity index (χ1v) is 8.31. The van der Waals surface area contributed by atoms with E-state index in [-0.39, 0.29) is 10.6 Å². The maximum absolute atomic E-state index is 12.7. The third-order valence-electron chi connectivity index (χ3n) is 3.85. The first-order valence-electron chi connectivity index (χ1n) is 6.83. The Labute approximate surface area is 134 Å². The normalized spacial score (nSPS) is 11.5. The van der Waals surface area contributed by atoms with Gasteiger partial charge in [0.25, 0.3) is 15.7 Å². The van der Waals surface area contributed by atoms with E-state index in [0.29, 0.717) is 28.2 Å². The van der Waals surface area contributed by atoms with Crippen LogP contribution in [-0.2, 0) is 17.1 Å². The Bertz CT molecular complexity index is 900. The number of rotatable bonds is 4. The molecule has 0 radical (unpaired) electrons. The highest BCUT2D eigenvalue weighted by Gasteiger charge is 2.24. The molecule has 1 aromatic heterocycles. The number of nitro benzene ring substituents is 1. The summed E-state index contributed by atoms with van der Waals surface area (Å²) in [7, 11) is -2.25. The quantitative estimate of drug-likeness (QED) is 0.680. The lowest BCUT2D eigenvalue weighted by molar-refractivity contribution is -0.385. The topological polar surface area (TPSA) is 107 Å². The number of non-ortho nitro benzene ring substituents is 1. The summed E-state index contributed by atoms with van der Waals surface area (Å²) >= 11 is 0. The number of nitro groups is 1. The summed E-state index contributed by atoms with van der Waals surface area (Å²) in [5.74, 6) is 0. The molecular weight excluding hydrogens is 320 g/mol. The zero-order valence-electron chi connectivity index (χ0n) is 13.5. The lowest BCUT2D eigenvalue weighted by Crippen LogP contribution is -2.16. The van der Waals surface area contributed by atoms with E-state index in [9.17, 15) is 18.5 Å². The number of anilines is 1. The Hall–Kier alpha value is -2.42. The molecule has 9 heteroatoms. The van der Waals surface area contributed by atoms with Gasteiger partial charge in [-0.25, -0.2) is 8.42 Å². The molecule has 0 amide bonds. The number of hydrogen-bond donors (Lipinski definition) is 1. The fraction of sp³-hybridized carbons (Fsp3) is 0.357. The van der Waals surface area contributed by atoms with Crippen LogP contribution in [0.4, 0.5) is 11.4 Å². The van der Waals surface area contributed by atoms with Crippen LogP contribution in [0.5, 0.6) is 0 Å². The van der Waals surface area contributed by atoms with Crippen LogP contribution in [0.1, 0.15) is 22.5 Å². The number of nitrogens with zero attached hydrogens (tertiary/aromatic N) is 3. The molecule has 1 heterocycles. The van der Waals surface area contributed by atoms with Gasteiger partial charge in [0.2, 0.25) is 0 Å². The van der Waals surface area contributed by atoms with Gasteiger partial charge in [-0.05, 0) is 38.8 Å². The molecule has 0 unspecified atom stereocenters. The fourth-order valence-electron chi connectivity index (χ4n) is 2.30. The van der Waals surface area contributed by atoms with E-state index < -0.39 is 14.9 Å². The Morgan fingerprint density at radius 2 is 1.83 bits per heavy atom. The van der Waals surface area contributed by atoms with E-state index in [1.54, 1.807) is 39.4 Å². The third kappa shape index (κ3) is 3.04. The predicted octanol–water partition coefficient (Wildman–Crippen LogP) is 2.36. The van der Waals surface area contributed by atoms with Crippen molar-refractivity contribution >= 4 is 21.4 Å². The number of aromatic nitrogens is 2. The molecule has 1 N–H and O–H groups in total. The molecule has 1 aromatic carbocycles. The van der Waals surface area contributed by atoms with Crippen LogP contribution in [0.15, 0.2) is 17.0 Å². The average molecular weight is 338 g/mol. The molecule has 0 bridgehead atoms. The van der Waals surface area contributed by atoms with Crippen molar-refractivity contribution in [2.75, 3.05) is 4.72 Å². The van der Waals surface area contributed by atoms with Gasteiger partial charge in [0, 0.05) is 19.2 Å². The number of aryl methyl sites for hydroxylation is 3. The highest BCUT2D eigenvalue weighted by molar-refractivity contribution is 7.92. The summed E-state index contributed by atoms with van der Waals surface area (Å²) in [6.07, 6.45) is 0. The van der Waals surface area contributed by atoms with Crippen LogP contribution in [0.2, 0.25) is 0 Å². The van der Waals surface area contributed by atoms with Gasteiger partial charge in [0.1, 0.15) is 0 Å². The van der Waals surface area contributed by atoms with E-state index in [4.69, 9.17) is 0 Å². The van der Waals surface area contributed by atoms with E-state index in [1.165, 1.54) is 6.07 Å². The summed E-state index contributed by atoms with van der Waals surface area (Å²) in [6.45, 7) is 6.69. The summed E-state index contributed by atoms with van der Waals surface area (Å²) in [5, 5.41) is 15.1. The molecule has 0 fully saturated rings. The maximum Gasteiger partial charge on any atom is 0.271 e. The lowest BCUT2D eigenvalue weighted by Gasteiger charge is -2.12. The molecular formula is C14H18N4O4S. The zero-order chi connectivity index (χ0) is 17.5. The number of sulfonamides is 1. The Morgan fingerprint density at radius 1 is 1.22 bits per heavy atom. The standard InChI is InChI=1S/C14H18N4O4S/c1-8-6-12(18(19)20)7-13(9(8)2)23(21,22)16-14-10(3)15-17(5)11(14)4/h6-7,16H,1-5H3. The molecule has 0 aliphatic heterocycles. The van der Waals surface area contributed by atoms with E-state index in [2.05, 4.69) is 9.82 Å². The van der Waals surface area contributed by atoms with Crippen LogP contribution in [0.3, 0.4) is 0 Å². The molecule has 2 rings (SSSR count). The third-order valence-corrected chi connectivity index (χ3v) is 5.33. The second-order valence-corrected chi connectivity index (χ2v) is 7.07. The highest BCUT2D eigenvalue weighted by atomic mass is 32.2. The maximum atomic E-state index is 12.7. The van der Waals surface area contributed by atoms with Crippen LogP contribution in [0, 0.1) is 37.8 Å². The Morgan fingerprint density at radius 3 is 2.30 bits per heavy atom. The summed E-state index contributed by atoms with van der Waals surface area (Å²) in [5.41, 5.74) is 2.34. The van der Waals surface area contributed by atoms with Crippen LogP contribution < -0.4 is 4.72 Å². The van der Waals surface area contributed by atoms with Gasteiger partial charge in [-0.2, -0.15) is 5.10 Å². The molecule has 0 aliphatic rings. The minimum atomic E-state index is -3.96. The number of nitrogens with one attached hydrogen (secondary N) is 1. The van der Waals surface area contributed by atoms with Gasteiger partial charge < -0.3 is 0 Å². The number of benzene rings is 1.